The Hall–Kier alpha value is -1.74. The summed E-state index contributed by atoms with van der Waals surface area (Å²) in [6.45, 7) is -0.758. The Kier molecular flexibility index (Phi) is 3.67. The lowest BCUT2D eigenvalue weighted by Crippen LogP contribution is -2.36. The molecule has 1 aliphatic carbocycles. The number of nitriles is 1. The molecule has 0 saturated heterocycles. The monoisotopic (exact) mass is 269 g/mol. The van der Waals surface area contributed by atoms with Crippen LogP contribution in [0.1, 0.15) is 24.0 Å². The molecule has 1 aromatic rings. The predicted octanol–water partition coefficient (Wildman–Crippen LogP) is 2.55. The number of nitrogens with two attached hydrogens (primary N) is 1. The topological polar surface area (TPSA) is 53.1 Å². The third kappa shape index (κ3) is 3.38. The molecule has 0 heterocycles. The summed E-state index contributed by atoms with van der Waals surface area (Å²) in [6, 6.07) is 6.63. The highest BCUT2D eigenvalue weighted by molar-refractivity contribution is 5.61. The third-order valence-corrected chi connectivity index (χ3v) is 3.06. The number of hydrogen-bond donors (Lipinski definition) is 1. The van der Waals surface area contributed by atoms with Gasteiger partial charge in [0.2, 0.25) is 0 Å². The van der Waals surface area contributed by atoms with Crippen LogP contribution in [0.15, 0.2) is 18.2 Å². The van der Waals surface area contributed by atoms with E-state index in [0.717, 1.165) is 18.4 Å². The lowest BCUT2D eigenvalue weighted by atomic mass is 10.1. The van der Waals surface area contributed by atoms with Crippen molar-refractivity contribution in [2.24, 2.45) is 5.73 Å². The van der Waals surface area contributed by atoms with Crippen molar-refractivity contribution in [1.82, 2.24) is 0 Å². The van der Waals surface area contributed by atoms with Gasteiger partial charge < -0.3 is 10.6 Å². The zero-order valence-corrected chi connectivity index (χ0v) is 10.2. The van der Waals surface area contributed by atoms with Crippen LogP contribution in [0.2, 0.25) is 0 Å². The number of nitrogens with zero attached hydrogens (tertiary/aromatic N) is 2. The highest BCUT2D eigenvalue weighted by Crippen LogP contribution is 2.36. The molecule has 1 fully saturated rings. The van der Waals surface area contributed by atoms with E-state index in [2.05, 4.69) is 0 Å². The molecule has 0 aromatic heterocycles. The van der Waals surface area contributed by atoms with Crippen molar-refractivity contribution in [2.75, 3.05) is 11.4 Å². The fraction of sp³-hybridized carbons (Fsp3) is 0.462. The van der Waals surface area contributed by atoms with Gasteiger partial charge in [-0.1, -0.05) is 6.07 Å². The van der Waals surface area contributed by atoms with E-state index >= 15 is 0 Å². The van der Waals surface area contributed by atoms with Crippen LogP contribution in [-0.4, -0.2) is 18.8 Å². The van der Waals surface area contributed by atoms with Crippen LogP contribution in [0.5, 0.6) is 0 Å². The Morgan fingerprint density at radius 3 is 2.53 bits per heavy atom. The molecule has 0 amide bonds. The van der Waals surface area contributed by atoms with Crippen molar-refractivity contribution >= 4 is 5.69 Å². The zero-order valence-electron chi connectivity index (χ0n) is 10.2. The molecule has 0 unspecified atom stereocenters. The van der Waals surface area contributed by atoms with Gasteiger partial charge in [-0.15, -0.1) is 0 Å². The van der Waals surface area contributed by atoms with Crippen molar-refractivity contribution in [3.63, 3.8) is 0 Å². The average molecular weight is 269 g/mol. The molecular formula is C13H14F3N3. The molecule has 2 rings (SSSR count). The van der Waals surface area contributed by atoms with Gasteiger partial charge in [-0.2, -0.15) is 18.4 Å². The maximum absolute atomic E-state index is 12.6. The SMILES string of the molecule is N#Cc1cc(CN)ccc1N(CC(F)(F)F)C1CC1. The quantitative estimate of drug-likeness (QED) is 0.913. The molecule has 1 aromatic carbocycles. The molecule has 1 saturated carbocycles. The molecule has 19 heavy (non-hydrogen) atoms. The van der Waals surface area contributed by atoms with Gasteiger partial charge in [0.05, 0.1) is 11.3 Å². The van der Waals surface area contributed by atoms with Crippen LogP contribution in [0.4, 0.5) is 18.9 Å². The predicted molar refractivity (Wildman–Crippen MR) is 65.5 cm³/mol. The molecule has 102 valence electrons. The largest absolute Gasteiger partial charge is 0.405 e. The summed E-state index contributed by atoms with van der Waals surface area (Å²) in [5, 5.41) is 9.09. The molecule has 2 N–H and O–H groups in total. The summed E-state index contributed by atoms with van der Waals surface area (Å²) in [5.74, 6) is 0. The standard InChI is InChI=1S/C13H14F3N3/c14-13(15,16)8-19(11-2-3-11)12-4-1-9(6-17)5-10(12)7-18/h1,4-5,11H,2-3,6,8,17H2. The van der Waals surface area contributed by atoms with Crippen molar-refractivity contribution in [1.29, 1.82) is 5.26 Å². The summed E-state index contributed by atoms with van der Waals surface area (Å²) >= 11 is 0. The van der Waals surface area contributed by atoms with Crippen LogP contribution in [0, 0.1) is 11.3 Å². The van der Waals surface area contributed by atoms with Gasteiger partial charge in [-0.05, 0) is 30.5 Å². The number of hydrogen-bond acceptors (Lipinski definition) is 3. The van der Waals surface area contributed by atoms with E-state index in [1.54, 1.807) is 18.2 Å². The number of rotatable bonds is 4. The van der Waals surface area contributed by atoms with Crippen molar-refractivity contribution in [2.45, 2.75) is 31.6 Å². The number of benzene rings is 1. The highest BCUT2D eigenvalue weighted by Gasteiger charge is 2.38. The van der Waals surface area contributed by atoms with E-state index in [-0.39, 0.29) is 18.2 Å². The Balaban J connectivity index is 2.34. The first-order valence-corrected chi connectivity index (χ1v) is 6.01. The lowest BCUT2D eigenvalue weighted by molar-refractivity contribution is -0.120. The number of alkyl halides is 3. The zero-order chi connectivity index (χ0) is 14.0. The minimum Gasteiger partial charge on any atom is -0.358 e. The normalized spacial score (nSPS) is 15.1. The first kappa shape index (κ1) is 13.7. The van der Waals surface area contributed by atoms with Gasteiger partial charge in [0, 0.05) is 12.6 Å². The summed E-state index contributed by atoms with van der Waals surface area (Å²) in [6.07, 6.45) is -2.80. The minimum absolute atomic E-state index is 0.113. The molecule has 0 spiro atoms. The molecular weight excluding hydrogens is 255 g/mol. The van der Waals surface area contributed by atoms with E-state index in [1.165, 1.54) is 4.90 Å². The third-order valence-electron chi connectivity index (χ3n) is 3.06. The van der Waals surface area contributed by atoms with Gasteiger partial charge in [-0.3, -0.25) is 0 Å². The van der Waals surface area contributed by atoms with E-state index in [9.17, 15) is 13.2 Å². The maximum atomic E-state index is 12.6. The van der Waals surface area contributed by atoms with E-state index < -0.39 is 12.7 Å². The Bertz CT molecular complexity index is 501. The molecule has 0 bridgehead atoms. The Morgan fingerprint density at radius 1 is 1.37 bits per heavy atom. The van der Waals surface area contributed by atoms with E-state index in [4.69, 9.17) is 11.0 Å². The van der Waals surface area contributed by atoms with E-state index in [0.29, 0.717) is 5.69 Å². The Labute approximate surface area is 109 Å². The van der Waals surface area contributed by atoms with Crippen molar-refractivity contribution in [3.05, 3.63) is 29.3 Å². The van der Waals surface area contributed by atoms with Crippen LogP contribution < -0.4 is 10.6 Å². The molecule has 6 heteroatoms. The molecule has 0 radical (unpaired) electrons. The molecule has 0 aliphatic heterocycles. The highest BCUT2D eigenvalue weighted by atomic mass is 19.4. The molecule has 1 aliphatic rings. The summed E-state index contributed by atoms with van der Waals surface area (Å²) in [7, 11) is 0. The first-order valence-electron chi connectivity index (χ1n) is 6.01. The Morgan fingerprint density at radius 2 is 2.05 bits per heavy atom. The first-order chi connectivity index (χ1) is 8.94. The molecule has 3 nitrogen and oxygen atoms in total. The van der Waals surface area contributed by atoms with Gasteiger partial charge in [0.1, 0.15) is 12.6 Å². The average Bonchev–Trinajstić information content (AvgIpc) is 3.18. The number of halogens is 3. The van der Waals surface area contributed by atoms with Crippen molar-refractivity contribution in [3.8, 4) is 6.07 Å². The fourth-order valence-electron chi connectivity index (χ4n) is 2.04. The molecule has 0 atom stereocenters. The second-order valence-corrected chi connectivity index (χ2v) is 4.64. The van der Waals surface area contributed by atoms with Crippen molar-refractivity contribution < 1.29 is 13.2 Å². The number of anilines is 1. The minimum atomic E-state index is -4.28. The van der Waals surface area contributed by atoms with Gasteiger partial charge in [-0.25, -0.2) is 0 Å². The fourth-order valence-corrected chi connectivity index (χ4v) is 2.04. The summed E-state index contributed by atoms with van der Waals surface area (Å²) in [4.78, 5) is 1.28. The van der Waals surface area contributed by atoms with Crippen LogP contribution >= 0.6 is 0 Å². The maximum Gasteiger partial charge on any atom is 0.405 e. The van der Waals surface area contributed by atoms with Crippen LogP contribution in [-0.2, 0) is 6.54 Å². The van der Waals surface area contributed by atoms with Crippen LogP contribution in [0.25, 0.3) is 0 Å². The smallest absolute Gasteiger partial charge is 0.358 e. The lowest BCUT2D eigenvalue weighted by Gasteiger charge is -2.27. The van der Waals surface area contributed by atoms with Gasteiger partial charge in [0.25, 0.3) is 0 Å². The second-order valence-electron chi connectivity index (χ2n) is 4.64. The summed E-state index contributed by atoms with van der Waals surface area (Å²) in [5.41, 5.74) is 6.81. The van der Waals surface area contributed by atoms with E-state index in [1.807, 2.05) is 6.07 Å². The summed E-state index contributed by atoms with van der Waals surface area (Å²) < 4.78 is 37.8. The van der Waals surface area contributed by atoms with Crippen LogP contribution in [0.3, 0.4) is 0 Å². The van der Waals surface area contributed by atoms with Gasteiger partial charge >= 0.3 is 6.18 Å². The van der Waals surface area contributed by atoms with Gasteiger partial charge in [0.15, 0.2) is 0 Å². The second kappa shape index (κ2) is 5.10.